The minimum absolute atomic E-state index is 0.0863. The van der Waals surface area contributed by atoms with Crippen molar-refractivity contribution in [1.82, 2.24) is 0 Å². The van der Waals surface area contributed by atoms with Crippen LogP contribution in [0.25, 0.3) is 0 Å². The van der Waals surface area contributed by atoms with E-state index in [-0.39, 0.29) is 19.4 Å². The fraction of sp³-hybridized carbons (Fsp3) is 0.562. The topological polar surface area (TPSA) is 74.2 Å². The molecule has 2 rings (SSSR count). The summed E-state index contributed by atoms with van der Waals surface area (Å²) >= 11 is 0. The first-order chi connectivity index (χ1) is 10.4. The Kier molecular flexibility index (Phi) is 4.93. The first kappa shape index (κ1) is 16.6. The molecule has 1 aromatic carbocycles. The SMILES string of the molecule is COCOc1cc(CO)cc2c1C[C@H](OC(C)=O)C(C)(C)O2. The van der Waals surface area contributed by atoms with Crippen molar-refractivity contribution in [3.05, 3.63) is 23.3 Å². The highest BCUT2D eigenvalue weighted by atomic mass is 16.7. The van der Waals surface area contributed by atoms with Crippen LogP contribution in [0, 0.1) is 0 Å². The van der Waals surface area contributed by atoms with Gasteiger partial charge in [-0.1, -0.05) is 0 Å². The highest BCUT2D eigenvalue weighted by molar-refractivity contribution is 5.66. The molecule has 0 unspecified atom stereocenters. The van der Waals surface area contributed by atoms with Gasteiger partial charge in [0.15, 0.2) is 6.79 Å². The van der Waals surface area contributed by atoms with E-state index in [2.05, 4.69) is 0 Å². The molecule has 0 aromatic heterocycles. The predicted molar refractivity (Wildman–Crippen MR) is 78.8 cm³/mol. The molecule has 1 heterocycles. The number of hydrogen-bond donors (Lipinski definition) is 1. The number of aliphatic hydroxyl groups is 1. The van der Waals surface area contributed by atoms with Crippen LogP contribution in [0.1, 0.15) is 31.9 Å². The van der Waals surface area contributed by atoms with Crippen LogP contribution >= 0.6 is 0 Å². The van der Waals surface area contributed by atoms with E-state index in [9.17, 15) is 9.90 Å². The molecule has 122 valence electrons. The number of rotatable bonds is 5. The largest absolute Gasteiger partial charge is 0.484 e. The molecular formula is C16H22O6. The maximum Gasteiger partial charge on any atom is 0.303 e. The van der Waals surface area contributed by atoms with E-state index in [4.69, 9.17) is 18.9 Å². The van der Waals surface area contributed by atoms with Crippen molar-refractivity contribution in [3.8, 4) is 11.5 Å². The Hall–Kier alpha value is -1.79. The first-order valence-corrected chi connectivity index (χ1v) is 7.12. The van der Waals surface area contributed by atoms with Gasteiger partial charge in [0, 0.05) is 26.0 Å². The number of carbonyl (C=O) groups excluding carboxylic acids is 1. The standard InChI is InChI=1S/C16H22O6/c1-10(18)21-15-7-12-13(20-9-19-4)5-11(8-17)6-14(12)22-16(15,2)3/h5-6,15,17H,7-9H2,1-4H3/t15-/m0/s1. The van der Waals surface area contributed by atoms with Crippen LogP contribution in [-0.4, -0.2) is 36.7 Å². The van der Waals surface area contributed by atoms with E-state index in [1.165, 1.54) is 14.0 Å². The molecule has 0 bridgehead atoms. The van der Waals surface area contributed by atoms with E-state index >= 15 is 0 Å². The molecule has 0 spiro atoms. The number of esters is 1. The molecular weight excluding hydrogens is 288 g/mol. The number of fused-ring (bicyclic) bond motifs is 1. The van der Waals surface area contributed by atoms with Gasteiger partial charge in [-0.2, -0.15) is 0 Å². The summed E-state index contributed by atoms with van der Waals surface area (Å²) in [4.78, 5) is 11.3. The van der Waals surface area contributed by atoms with Crippen LogP contribution in [-0.2, 0) is 27.3 Å². The quantitative estimate of drug-likeness (QED) is 0.660. The Balaban J connectivity index is 2.39. The Bertz CT molecular complexity index is 552. The fourth-order valence-electron chi connectivity index (χ4n) is 2.47. The van der Waals surface area contributed by atoms with Crippen LogP contribution < -0.4 is 9.47 Å². The van der Waals surface area contributed by atoms with Gasteiger partial charge in [0.2, 0.25) is 0 Å². The van der Waals surface area contributed by atoms with Gasteiger partial charge in [-0.05, 0) is 31.5 Å². The van der Waals surface area contributed by atoms with Gasteiger partial charge in [-0.15, -0.1) is 0 Å². The Labute approximate surface area is 129 Å². The summed E-state index contributed by atoms with van der Waals surface area (Å²) in [5, 5.41) is 9.38. The van der Waals surface area contributed by atoms with Gasteiger partial charge in [-0.3, -0.25) is 4.79 Å². The van der Waals surface area contributed by atoms with E-state index < -0.39 is 11.7 Å². The van der Waals surface area contributed by atoms with Gasteiger partial charge in [0.25, 0.3) is 0 Å². The van der Waals surface area contributed by atoms with E-state index in [1.807, 2.05) is 13.8 Å². The van der Waals surface area contributed by atoms with Crippen molar-refractivity contribution in [1.29, 1.82) is 0 Å². The van der Waals surface area contributed by atoms with Crippen LogP contribution in [0.2, 0.25) is 0 Å². The lowest BCUT2D eigenvalue weighted by atomic mass is 9.89. The third-order valence-corrected chi connectivity index (χ3v) is 3.59. The summed E-state index contributed by atoms with van der Waals surface area (Å²) in [6.07, 6.45) is 0.0644. The van der Waals surface area contributed by atoms with E-state index in [0.29, 0.717) is 23.5 Å². The van der Waals surface area contributed by atoms with Crippen LogP contribution in [0.15, 0.2) is 12.1 Å². The third-order valence-electron chi connectivity index (χ3n) is 3.59. The smallest absolute Gasteiger partial charge is 0.303 e. The minimum atomic E-state index is -0.661. The normalized spacial score (nSPS) is 19.0. The Morgan fingerprint density at radius 2 is 2.18 bits per heavy atom. The molecule has 0 saturated heterocycles. The zero-order chi connectivity index (χ0) is 16.3. The summed E-state index contributed by atoms with van der Waals surface area (Å²) in [6.45, 7) is 5.08. The molecule has 6 nitrogen and oxygen atoms in total. The third kappa shape index (κ3) is 3.51. The van der Waals surface area contributed by atoms with Crippen molar-refractivity contribution in [2.75, 3.05) is 13.9 Å². The zero-order valence-electron chi connectivity index (χ0n) is 13.3. The lowest BCUT2D eigenvalue weighted by Crippen LogP contribution is -2.48. The summed E-state index contributed by atoms with van der Waals surface area (Å²) in [5.74, 6) is 0.846. The van der Waals surface area contributed by atoms with E-state index in [1.54, 1.807) is 12.1 Å². The number of hydrogen-bond acceptors (Lipinski definition) is 6. The Morgan fingerprint density at radius 1 is 1.45 bits per heavy atom. The highest BCUT2D eigenvalue weighted by Gasteiger charge is 2.40. The molecule has 0 saturated carbocycles. The van der Waals surface area contributed by atoms with Gasteiger partial charge >= 0.3 is 5.97 Å². The predicted octanol–water partition coefficient (Wildman–Crippen LogP) is 1.81. The Morgan fingerprint density at radius 3 is 2.77 bits per heavy atom. The van der Waals surface area contributed by atoms with Crippen molar-refractivity contribution in [3.63, 3.8) is 0 Å². The van der Waals surface area contributed by atoms with Gasteiger partial charge in [-0.25, -0.2) is 0 Å². The van der Waals surface area contributed by atoms with Gasteiger partial charge in [0.1, 0.15) is 23.2 Å². The second kappa shape index (κ2) is 6.54. The van der Waals surface area contributed by atoms with Crippen LogP contribution in [0.5, 0.6) is 11.5 Å². The molecule has 1 aromatic rings. The van der Waals surface area contributed by atoms with Crippen molar-refractivity contribution >= 4 is 5.97 Å². The summed E-state index contributed by atoms with van der Waals surface area (Å²) in [6, 6.07) is 3.52. The molecule has 0 amide bonds. The molecule has 1 aliphatic rings. The molecule has 0 aliphatic carbocycles. The second-order valence-corrected chi connectivity index (χ2v) is 5.79. The zero-order valence-corrected chi connectivity index (χ0v) is 13.3. The molecule has 22 heavy (non-hydrogen) atoms. The lowest BCUT2D eigenvalue weighted by Gasteiger charge is -2.39. The maximum absolute atomic E-state index is 11.3. The van der Waals surface area contributed by atoms with E-state index in [0.717, 1.165) is 5.56 Å². The molecule has 1 atom stereocenters. The molecule has 1 aliphatic heterocycles. The monoisotopic (exact) mass is 310 g/mol. The summed E-state index contributed by atoms with van der Waals surface area (Å²) in [5.41, 5.74) is 0.831. The molecule has 0 radical (unpaired) electrons. The van der Waals surface area contributed by atoms with Crippen LogP contribution in [0.4, 0.5) is 0 Å². The van der Waals surface area contributed by atoms with Gasteiger partial charge < -0.3 is 24.1 Å². The molecule has 6 heteroatoms. The maximum atomic E-state index is 11.3. The number of carbonyl (C=O) groups is 1. The lowest BCUT2D eigenvalue weighted by molar-refractivity contribution is -0.158. The molecule has 0 fully saturated rings. The molecule has 1 N–H and O–H groups in total. The van der Waals surface area contributed by atoms with Crippen molar-refractivity contribution in [2.45, 2.75) is 45.5 Å². The van der Waals surface area contributed by atoms with Gasteiger partial charge in [0.05, 0.1) is 6.61 Å². The highest BCUT2D eigenvalue weighted by Crippen LogP contribution is 2.40. The van der Waals surface area contributed by atoms with Crippen molar-refractivity contribution in [2.24, 2.45) is 0 Å². The number of benzene rings is 1. The minimum Gasteiger partial charge on any atom is -0.484 e. The average molecular weight is 310 g/mol. The summed E-state index contributed by atoms with van der Waals surface area (Å²) < 4.78 is 21.9. The average Bonchev–Trinajstić information content (AvgIpc) is 2.44. The number of ether oxygens (including phenoxy) is 4. The number of methoxy groups -OCH3 is 1. The number of aliphatic hydroxyl groups excluding tert-OH is 1. The summed E-state index contributed by atoms with van der Waals surface area (Å²) in [7, 11) is 1.53. The second-order valence-electron chi connectivity index (χ2n) is 5.79. The van der Waals surface area contributed by atoms with Crippen LogP contribution in [0.3, 0.4) is 0 Å². The van der Waals surface area contributed by atoms with Crippen molar-refractivity contribution < 1.29 is 28.8 Å². The fourth-order valence-corrected chi connectivity index (χ4v) is 2.47. The first-order valence-electron chi connectivity index (χ1n) is 7.12.